The number of nitrogens with zero attached hydrogens (tertiary/aromatic N) is 8. The second-order valence-corrected chi connectivity index (χ2v) is 11.1. The van der Waals surface area contributed by atoms with Crippen LogP contribution in [0.5, 0.6) is 0 Å². The van der Waals surface area contributed by atoms with Crippen molar-refractivity contribution < 1.29 is 18.1 Å². The molecule has 39 heavy (non-hydrogen) atoms. The smallest absolute Gasteiger partial charge is 0.281 e. The maximum absolute atomic E-state index is 13.7. The summed E-state index contributed by atoms with van der Waals surface area (Å²) in [5, 5.41) is 29.3. The number of non-ortho nitro benzene ring substituents is 1. The number of rotatable bonds is 10. The minimum atomic E-state index is -4.28. The first-order valence-corrected chi connectivity index (χ1v) is 13.8. The molecule has 4 rings (SSSR count). The van der Waals surface area contributed by atoms with Gasteiger partial charge in [0.2, 0.25) is 0 Å². The van der Waals surface area contributed by atoms with E-state index in [-0.39, 0.29) is 10.6 Å². The van der Waals surface area contributed by atoms with Crippen LogP contribution in [0.25, 0.3) is 5.52 Å². The van der Waals surface area contributed by atoms with Crippen molar-refractivity contribution in [3.63, 3.8) is 0 Å². The molecule has 206 valence electrons. The van der Waals surface area contributed by atoms with Crippen LogP contribution in [0.3, 0.4) is 0 Å². The first-order chi connectivity index (χ1) is 18.6. The van der Waals surface area contributed by atoms with E-state index >= 15 is 0 Å². The maximum atomic E-state index is 13.7. The Balaban J connectivity index is 1.62. The van der Waals surface area contributed by atoms with E-state index in [0.717, 1.165) is 36.5 Å². The second kappa shape index (κ2) is 11.8. The second-order valence-electron chi connectivity index (χ2n) is 9.18. The lowest BCUT2D eigenvalue weighted by atomic mass is 10.1. The van der Waals surface area contributed by atoms with Gasteiger partial charge in [-0.15, -0.1) is 0 Å². The average molecular weight is 555 g/mol. The SMILES string of the molecule is C/C(=N\N(C)S(=O)(=O)c1cc([N+](=O)[O-])ccc1N(C)CCCN1CCOCC1)c1cnn2ccc(C#N)cc12. The number of nitro benzene ring substituents is 1. The highest BCUT2D eigenvalue weighted by molar-refractivity contribution is 7.89. The largest absolute Gasteiger partial charge is 0.379 e. The average Bonchev–Trinajstić information content (AvgIpc) is 3.36. The monoisotopic (exact) mass is 554 g/mol. The summed E-state index contributed by atoms with van der Waals surface area (Å²) in [5.74, 6) is 0. The predicted octanol–water partition coefficient (Wildman–Crippen LogP) is 2.32. The lowest BCUT2D eigenvalue weighted by Crippen LogP contribution is -2.38. The summed E-state index contributed by atoms with van der Waals surface area (Å²) in [7, 11) is -1.23. The van der Waals surface area contributed by atoms with Crippen molar-refractivity contribution in [1.29, 1.82) is 5.26 Å². The number of hydrogen-bond acceptors (Lipinski definition) is 10. The van der Waals surface area contributed by atoms with Crippen LogP contribution in [-0.4, -0.2) is 91.5 Å². The summed E-state index contributed by atoms with van der Waals surface area (Å²) >= 11 is 0. The molecule has 1 fully saturated rings. The van der Waals surface area contributed by atoms with Gasteiger partial charge in [0, 0.05) is 64.2 Å². The van der Waals surface area contributed by atoms with Crippen LogP contribution in [0.4, 0.5) is 11.4 Å². The Morgan fingerprint density at radius 2 is 2.00 bits per heavy atom. The fraction of sp³-hybridized carbons (Fsp3) is 0.400. The fourth-order valence-corrected chi connectivity index (χ4v) is 5.68. The van der Waals surface area contributed by atoms with E-state index in [4.69, 9.17) is 4.74 Å². The highest BCUT2D eigenvalue weighted by atomic mass is 32.2. The van der Waals surface area contributed by atoms with E-state index in [2.05, 4.69) is 21.2 Å². The normalized spacial score (nSPS) is 14.8. The van der Waals surface area contributed by atoms with Gasteiger partial charge < -0.3 is 9.64 Å². The number of benzene rings is 1. The molecule has 0 atom stereocenters. The van der Waals surface area contributed by atoms with Crippen LogP contribution in [0.1, 0.15) is 24.5 Å². The van der Waals surface area contributed by atoms with Gasteiger partial charge in [-0.25, -0.2) is 4.52 Å². The molecule has 0 spiro atoms. The van der Waals surface area contributed by atoms with Gasteiger partial charge in [-0.05, 0) is 31.5 Å². The van der Waals surface area contributed by atoms with Crippen LogP contribution in [0, 0.1) is 21.4 Å². The van der Waals surface area contributed by atoms with Gasteiger partial charge in [0.25, 0.3) is 15.7 Å². The van der Waals surface area contributed by atoms with Crippen molar-refractivity contribution in [2.45, 2.75) is 18.2 Å². The quantitative estimate of drug-likeness (QED) is 0.209. The first-order valence-electron chi connectivity index (χ1n) is 12.3. The van der Waals surface area contributed by atoms with Crippen molar-refractivity contribution in [2.24, 2.45) is 5.10 Å². The minimum absolute atomic E-state index is 0.212. The summed E-state index contributed by atoms with van der Waals surface area (Å²) in [4.78, 5) is 14.7. The van der Waals surface area contributed by atoms with Gasteiger partial charge in [-0.2, -0.15) is 28.3 Å². The number of nitro groups is 1. The number of hydrazone groups is 1. The fourth-order valence-electron chi connectivity index (χ4n) is 4.41. The number of aromatic nitrogens is 2. The van der Waals surface area contributed by atoms with Crippen LogP contribution in [-0.2, 0) is 14.8 Å². The van der Waals surface area contributed by atoms with Crippen molar-refractivity contribution in [3.8, 4) is 6.07 Å². The molecule has 1 aromatic carbocycles. The van der Waals surface area contributed by atoms with Crippen LogP contribution in [0.2, 0.25) is 0 Å². The van der Waals surface area contributed by atoms with Gasteiger partial charge in [0.1, 0.15) is 4.90 Å². The number of morpholine rings is 1. The van der Waals surface area contributed by atoms with Crippen molar-refractivity contribution in [1.82, 2.24) is 18.9 Å². The van der Waals surface area contributed by atoms with Crippen molar-refractivity contribution in [2.75, 3.05) is 58.4 Å². The molecule has 1 aliphatic rings. The molecule has 3 heterocycles. The Bertz CT molecular complexity index is 1540. The van der Waals surface area contributed by atoms with Crippen LogP contribution < -0.4 is 4.90 Å². The molecule has 13 nitrogen and oxygen atoms in total. The molecule has 0 saturated carbocycles. The Kier molecular flexibility index (Phi) is 8.44. The minimum Gasteiger partial charge on any atom is -0.379 e. The van der Waals surface area contributed by atoms with Gasteiger partial charge in [-0.1, -0.05) is 0 Å². The molecular formula is C25H30N8O5S. The number of fused-ring (bicyclic) bond motifs is 1. The van der Waals surface area contributed by atoms with Crippen molar-refractivity contribution >= 4 is 32.6 Å². The van der Waals surface area contributed by atoms with E-state index in [1.807, 2.05) is 0 Å². The highest BCUT2D eigenvalue weighted by Gasteiger charge is 2.28. The number of pyridine rings is 1. The lowest BCUT2D eigenvalue weighted by Gasteiger charge is -2.28. The summed E-state index contributed by atoms with van der Waals surface area (Å²) < 4.78 is 35.2. The zero-order valence-corrected chi connectivity index (χ0v) is 22.8. The summed E-state index contributed by atoms with van der Waals surface area (Å²) in [5.41, 5.74) is 1.93. The molecule has 14 heteroatoms. The third-order valence-electron chi connectivity index (χ3n) is 6.59. The summed E-state index contributed by atoms with van der Waals surface area (Å²) in [6, 6.07) is 9.15. The number of hydrogen-bond donors (Lipinski definition) is 0. The third-order valence-corrected chi connectivity index (χ3v) is 8.25. The number of nitriles is 1. The molecule has 0 amide bonds. The van der Waals surface area contributed by atoms with Crippen LogP contribution in [0.15, 0.2) is 52.7 Å². The van der Waals surface area contributed by atoms with E-state index in [9.17, 15) is 23.8 Å². The van der Waals surface area contributed by atoms with E-state index in [1.54, 1.807) is 41.7 Å². The van der Waals surface area contributed by atoms with Gasteiger partial charge in [0.05, 0.1) is 52.9 Å². The van der Waals surface area contributed by atoms with E-state index in [1.165, 1.54) is 25.4 Å². The summed E-state index contributed by atoms with van der Waals surface area (Å²) in [6.07, 6.45) is 3.95. The zero-order chi connectivity index (χ0) is 28.2. The molecule has 3 aromatic rings. The molecule has 0 radical (unpaired) electrons. The Labute approximate surface area is 226 Å². The first kappa shape index (κ1) is 28.0. The van der Waals surface area contributed by atoms with Gasteiger partial charge >= 0.3 is 0 Å². The Morgan fingerprint density at radius 3 is 2.69 bits per heavy atom. The highest BCUT2D eigenvalue weighted by Crippen LogP contribution is 2.31. The maximum Gasteiger partial charge on any atom is 0.281 e. The van der Waals surface area contributed by atoms with Crippen molar-refractivity contribution in [3.05, 3.63) is 64.0 Å². The predicted molar refractivity (Wildman–Crippen MR) is 145 cm³/mol. The lowest BCUT2D eigenvalue weighted by molar-refractivity contribution is -0.385. The van der Waals surface area contributed by atoms with Gasteiger partial charge in [0.15, 0.2) is 0 Å². The molecule has 1 saturated heterocycles. The zero-order valence-electron chi connectivity index (χ0n) is 22.0. The number of sulfonamides is 1. The van der Waals surface area contributed by atoms with Crippen LogP contribution >= 0.6 is 0 Å². The molecule has 0 bridgehead atoms. The molecule has 0 unspecified atom stereocenters. The van der Waals surface area contributed by atoms with E-state index < -0.39 is 14.9 Å². The topological polar surface area (TPSA) is 150 Å². The Morgan fingerprint density at radius 1 is 1.26 bits per heavy atom. The third kappa shape index (κ3) is 6.17. The molecule has 2 aromatic heterocycles. The van der Waals surface area contributed by atoms with E-state index in [0.29, 0.717) is 47.8 Å². The molecule has 1 aliphatic heterocycles. The van der Waals surface area contributed by atoms with Gasteiger partial charge in [-0.3, -0.25) is 15.0 Å². The molecule has 0 N–H and O–H groups in total. The number of anilines is 1. The summed E-state index contributed by atoms with van der Waals surface area (Å²) in [6.45, 7) is 6.12. The number of ether oxygens (including phenoxy) is 1. The molecule has 0 aliphatic carbocycles. The molecular weight excluding hydrogens is 524 g/mol. The standard InChI is InChI=1S/C25H30N8O5S/c1-19(22-18-27-32-10-7-20(17-26)15-24(22)32)28-30(3)39(36,37)25-16-21(33(34)35)5-6-23(25)29(2)8-4-9-31-11-13-38-14-12-31/h5-7,10,15-16,18H,4,8-9,11-14H2,1-3H3/b28-19+. The Hall–Kier alpha value is -4.06.